The van der Waals surface area contributed by atoms with Crippen molar-refractivity contribution in [2.45, 2.75) is 46.0 Å². The highest BCUT2D eigenvalue weighted by Crippen LogP contribution is 2.33. The first-order chi connectivity index (χ1) is 17.1. The minimum atomic E-state index is -4.44. The van der Waals surface area contributed by atoms with Gasteiger partial charge in [0, 0.05) is 55.4 Å². The van der Waals surface area contributed by atoms with Crippen LogP contribution in [0.15, 0.2) is 48.7 Å². The van der Waals surface area contributed by atoms with Crippen LogP contribution in [0.5, 0.6) is 5.75 Å². The summed E-state index contributed by atoms with van der Waals surface area (Å²) in [6, 6.07) is 11.0. The van der Waals surface area contributed by atoms with Crippen molar-refractivity contribution in [2.24, 2.45) is 5.92 Å². The largest absolute Gasteiger partial charge is 0.489 e. The molecule has 0 fully saturated rings. The number of benzene rings is 2. The van der Waals surface area contributed by atoms with Gasteiger partial charge in [-0.1, -0.05) is 24.6 Å². The van der Waals surface area contributed by atoms with E-state index in [0.717, 1.165) is 41.4 Å². The number of carboxylic acid groups (broad SMARTS) is 1. The van der Waals surface area contributed by atoms with Gasteiger partial charge >= 0.3 is 12.1 Å². The van der Waals surface area contributed by atoms with Crippen LogP contribution in [0.3, 0.4) is 0 Å². The fourth-order valence-corrected chi connectivity index (χ4v) is 4.45. The monoisotopic (exact) mass is 499 g/mol. The summed E-state index contributed by atoms with van der Waals surface area (Å²) in [5, 5.41) is 8.97. The third-order valence-corrected chi connectivity index (χ3v) is 6.18. The number of aryl methyl sites for hydroxylation is 1. The fourth-order valence-electron chi connectivity index (χ4n) is 4.45. The van der Waals surface area contributed by atoms with Crippen molar-refractivity contribution in [3.8, 4) is 17.1 Å². The lowest BCUT2D eigenvalue weighted by molar-refractivity contribution is -0.139. The highest BCUT2D eigenvalue weighted by Gasteiger charge is 2.33. The molecule has 1 N–H and O–H groups in total. The van der Waals surface area contributed by atoms with Crippen molar-refractivity contribution < 1.29 is 27.8 Å². The van der Waals surface area contributed by atoms with E-state index in [0.29, 0.717) is 24.7 Å². The van der Waals surface area contributed by atoms with Crippen molar-refractivity contribution in [3.05, 3.63) is 76.6 Å². The predicted octanol–water partition coefficient (Wildman–Crippen LogP) is 5.52. The zero-order chi connectivity index (χ0) is 25.9. The molecule has 6 nitrogen and oxygen atoms in total. The van der Waals surface area contributed by atoms with Crippen LogP contribution in [0.2, 0.25) is 0 Å². The lowest BCUT2D eigenvalue weighted by Gasteiger charge is -2.29. The molecule has 0 radical (unpaired) electrons. The number of rotatable bonds is 8. The average molecular weight is 500 g/mol. The molecule has 9 heteroatoms. The maximum absolute atomic E-state index is 13.3. The predicted molar refractivity (Wildman–Crippen MR) is 128 cm³/mol. The Morgan fingerprint density at radius 1 is 1.19 bits per heavy atom. The minimum Gasteiger partial charge on any atom is -0.489 e. The van der Waals surface area contributed by atoms with Gasteiger partial charge in [0.2, 0.25) is 0 Å². The van der Waals surface area contributed by atoms with E-state index in [1.807, 2.05) is 13.1 Å². The Morgan fingerprint density at radius 2 is 1.94 bits per heavy atom. The number of alkyl halides is 3. The highest BCUT2D eigenvalue weighted by molar-refractivity contribution is 5.67. The standard InChI is InChI=1S/C27H28F3N3O3/c1-17-3-8-23(27(28,29)30)20(11-17)16-36-22-6-4-19(5-7-22)26-31-13-21-15-33(10-9-24(21)32-26)14-18(2)12-25(34)35/h3-8,11,13,18H,9-10,12,14-16H2,1-2H3,(H,34,35). The Bertz CT molecular complexity index is 1230. The van der Waals surface area contributed by atoms with E-state index >= 15 is 0 Å². The Kier molecular flexibility index (Phi) is 7.59. The maximum atomic E-state index is 13.3. The zero-order valence-corrected chi connectivity index (χ0v) is 20.2. The van der Waals surface area contributed by atoms with E-state index in [2.05, 4.69) is 9.88 Å². The molecule has 1 atom stereocenters. The van der Waals surface area contributed by atoms with Gasteiger partial charge in [0.05, 0.1) is 11.3 Å². The summed E-state index contributed by atoms with van der Waals surface area (Å²) in [5.41, 5.74) is 2.93. The fraction of sp³-hybridized carbons (Fsp3) is 0.370. The second-order valence-electron chi connectivity index (χ2n) is 9.33. The number of hydrogen-bond donors (Lipinski definition) is 1. The molecule has 0 bridgehead atoms. The summed E-state index contributed by atoms with van der Waals surface area (Å²) in [6.07, 6.45) is -1.73. The van der Waals surface area contributed by atoms with E-state index in [9.17, 15) is 18.0 Å². The molecule has 2 aromatic carbocycles. The van der Waals surface area contributed by atoms with Gasteiger partial charge in [0.15, 0.2) is 5.82 Å². The number of fused-ring (bicyclic) bond motifs is 1. The van der Waals surface area contributed by atoms with E-state index in [1.54, 1.807) is 31.2 Å². The van der Waals surface area contributed by atoms with Crippen LogP contribution in [0, 0.1) is 12.8 Å². The van der Waals surface area contributed by atoms with Gasteiger partial charge < -0.3 is 9.84 Å². The van der Waals surface area contributed by atoms with Gasteiger partial charge in [-0.25, -0.2) is 9.97 Å². The molecule has 190 valence electrons. The first kappa shape index (κ1) is 25.6. The molecule has 4 rings (SSSR count). The first-order valence-corrected chi connectivity index (χ1v) is 11.8. The van der Waals surface area contributed by atoms with Crippen molar-refractivity contribution in [1.82, 2.24) is 14.9 Å². The molecule has 1 aromatic heterocycles. The van der Waals surface area contributed by atoms with Crippen molar-refractivity contribution >= 4 is 5.97 Å². The number of aromatic nitrogens is 2. The molecule has 1 unspecified atom stereocenters. The Balaban J connectivity index is 1.40. The Labute approximate surface area is 207 Å². The molecule has 0 amide bonds. The molecule has 0 saturated heterocycles. The Morgan fingerprint density at radius 3 is 2.64 bits per heavy atom. The SMILES string of the molecule is Cc1ccc(C(F)(F)F)c(COc2ccc(-c3ncc4c(n3)CCN(CC(C)CC(=O)O)C4)cc2)c1. The van der Waals surface area contributed by atoms with Gasteiger partial charge in [0.25, 0.3) is 0 Å². The zero-order valence-electron chi connectivity index (χ0n) is 20.2. The number of carbonyl (C=O) groups is 1. The number of nitrogens with zero attached hydrogens (tertiary/aromatic N) is 3. The van der Waals surface area contributed by atoms with Crippen LogP contribution < -0.4 is 4.74 Å². The van der Waals surface area contributed by atoms with Crippen molar-refractivity contribution in [1.29, 1.82) is 0 Å². The molecule has 36 heavy (non-hydrogen) atoms. The van der Waals surface area contributed by atoms with Crippen molar-refractivity contribution in [2.75, 3.05) is 13.1 Å². The maximum Gasteiger partial charge on any atom is 0.416 e. The van der Waals surface area contributed by atoms with Crippen LogP contribution in [-0.2, 0) is 30.5 Å². The highest BCUT2D eigenvalue weighted by atomic mass is 19.4. The van der Waals surface area contributed by atoms with E-state index in [1.165, 1.54) is 12.1 Å². The van der Waals surface area contributed by atoms with E-state index in [-0.39, 0.29) is 24.5 Å². The van der Waals surface area contributed by atoms with Gasteiger partial charge in [-0.3, -0.25) is 9.69 Å². The summed E-state index contributed by atoms with van der Waals surface area (Å²) in [7, 11) is 0. The van der Waals surface area contributed by atoms with Gasteiger partial charge in [-0.2, -0.15) is 13.2 Å². The molecule has 3 aromatic rings. The number of halogens is 3. The molecular weight excluding hydrogens is 471 g/mol. The summed E-state index contributed by atoms with van der Waals surface area (Å²) in [5.74, 6) is 0.310. The van der Waals surface area contributed by atoms with E-state index in [4.69, 9.17) is 14.8 Å². The molecule has 2 heterocycles. The second-order valence-corrected chi connectivity index (χ2v) is 9.33. The smallest absolute Gasteiger partial charge is 0.416 e. The van der Waals surface area contributed by atoms with Gasteiger partial charge in [-0.15, -0.1) is 0 Å². The number of ether oxygens (including phenoxy) is 1. The van der Waals surface area contributed by atoms with Crippen LogP contribution in [-0.4, -0.2) is 39.0 Å². The molecule has 1 aliphatic heterocycles. The third-order valence-electron chi connectivity index (χ3n) is 6.18. The summed E-state index contributed by atoms with van der Waals surface area (Å²) in [4.78, 5) is 22.4. The first-order valence-electron chi connectivity index (χ1n) is 11.8. The Hall–Kier alpha value is -3.46. The molecule has 0 aliphatic carbocycles. The quantitative estimate of drug-likeness (QED) is 0.440. The van der Waals surface area contributed by atoms with Crippen LogP contribution in [0.4, 0.5) is 13.2 Å². The van der Waals surface area contributed by atoms with E-state index < -0.39 is 17.7 Å². The van der Waals surface area contributed by atoms with Crippen LogP contribution >= 0.6 is 0 Å². The van der Waals surface area contributed by atoms with Crippen LogP contribution in [0.25, 0.3) is 11.4 Å². The van der Waals surface area contributed by atoms with Crippen molar-refractivity contribution in [3.63, 3.8) is 0 Å². The van der Waals surface area contributed by atoms with Gasteiger partial charge in [0.1, 0.15) is 12.4 Å². The summed E-state index contributed by atoms with van der Waals surface area (Å²) >= 11 is 0. The molecule has 1 aliphatic rings. The topological polar surface area (TPSA) is 75.6 Å². The minimum absolute atomic E-state index is 0.0657. The molecule has 0 saturated carbocycles. The lowest BCUT2D eigenvalue weighted by Crippen LogP contribution is -2.35. The molecular formula is C27H28F3N3O3. The number of hydrogen-bond acceptors (Lipinski definition) is 5. The van der Waals surface area contributed by atoms with Crippen LogP contribution in [0.1, 0.15) is 41.3 Å². The third kappa shape index (κ3) is 6.40. The second kappa shape index (κ2) is 10.7. The molecule has 0 spiro atoms. The van der Waals surface area contributed by atoms with Gasteiger partial charge in [-0.05, 0) is 43.2 Å². The summed E-state index contributed by atoms with van der Waals surface area (Å²) in [6.45, 7) is 5.69. The summed E-state index contributed by atoms with van der Waals surface area (Å²) < 4.78 is 45.5. The number of carboxylic acids is 1. The lowest BCUT2D eigenvalue weighted by atomic mass is 10.0. The average Bonchev–Trinajstić information content (AvgIpc) is 2.81. The number of aliphatic carboxylic acids is 1. The normalized spacial score (nSPS) is 14.8.